The highest BCUT2D eigenvalue weighted by Crippen LogP contribution is 2.63. The molecular formula is C37H54N3O16+. The quantitative estimate of drug-likeness (QED) is 0.0762. The maximum absolute atomic E-state index is 13.9. The smallest absolute Gasteiger partial charge is 0.364 e. The number of Topliss-reactive ketones (excluding diaryl/α,β-unsaturated/α-hetero) is 1. The molecule has 19 atom stereocenters. The van der Waals surface area contributed by atoms with Crippen molar-refractivity contribution in [3.8, 4) is 0 Å². The number of hydrogen-bond acceptors (Lipinski definition) is 17. The first-order chi connectivity index (χ1) is 26.3. The van der Waals surface area contributed by atoms with E-state index in [1.807, 2.05) is 13.0 Å². The van der Waals surface area contributed by atoms with E-state index in [1.165, 1.54) is 13.0 Å². The van der Waals surface area contributed by atoms with E-state index >= 15 is 0 Å². The number of nitrogens with one attached hydrogen (secondary N) is 1. The number of nitrogens with zero attached hydrogens (tertiary/aromatic N) is 2. The monoisotopic (exact) mass is 796 g/mol. The van der Waals surface area contributed by atoms with E-state index < -0.39 is 134 Å². The second-order valence-corrected chi connectivity index (χ2v) is 16.8. The summed E-state index contributed by atoms with van der Waals surface area (Å²) in [6.07, 6.45) is -10.1. The van der Waals surface area contributed by atoms with Gasteiger partial charge in [0, 0.05) is 29.6 Å². The zero-order valence-electron chi connectivity index (χ0n) is 31.4. The second-order valence-electron chi connectivity index (χ2n) is 16.8. The van der Waals surface area contributed by atoms with Gasteiger partial charge in [0.05, 0.1) is 24.9 Å². The summed E-state index contributed by atoms with van der Waals surface area (Å²) in [5, 5.41) is 101. The minimum Gasteiger partial charge on any atom is -0.477 e. The van der Waals surface area contributed by atoms with Gasteiger partial charge >= 0.3 is 5.97 Å². The summed E-state index contributed by atoms with van der Waals surface area (Å²) in [4.78, 5) is 41.4. The Hall–Kier alpha value is -2.88. The molecular weight excluding hydrogens is 742 g/mol. The fraction of sp³-hybridized carbons (Fsp3) is 0.811. The van der Waals surface area contributed by atoms with Crippen LogP contribution in [0, 0.1) is 46.5 Å². The van der Waals surface area contributed by atoms with Crippen LogP contribution in [0.3, 0.4) is 0 Å². The fourth-order valence-electron chi connectivity index (χ4n) is 10.5. The van der Waals surface area contributed by atoms with Crippen molar-refractivity contribution < 1.29 is 79.3 Å². The number of aliphatic hydroxyl groups is 8. The molecule has 6 aliphatic rings. The van der Waals surface area contributed by atoms with Crippen molar-refractivity contribution >= 4 is 17.5 Å². The van der Waals surface area contributed by atoms with Crippen molar-refractivity contribution in [1.82, 2.24) is 4.91 Å². The molecule has 3 saturated carbocycles. The highest BCUT2D eigenvalue weighted by atomic mass is 16.7. The van der Waals surface area contributed by atoms with Gasteiger partial charge in [-0.15, -0.1) is 0 Å². The van der Waals surface area contributed by atoms with Crippen LogP contribution in [0.25, 0.3) is 0 Å². The third-order valence-electron chi connectivity index (χ3n) is 13.7. The largest absolute Gasteiger partial charge is 0.477 e. The Morgan fingerprint density at radius 3 is 2.46 bits per heavy atom. The number of fused-ring (bicyclic) bond motifs is 5. The Morgan fingerprint density at radius 1 is 1.07 bits per heavy atom. The lowest BCUT2D eigenvalue weighted by Crippen LogP contribution is -2.63. The minimum absolute atomic E-state index is 0.0369. The molecule has 312 valence electrons. The molecule has 10 N–H and O–H groups in total. The van der Waals surface area contributed by atoms with Crippen LogP contribution in [0.4, 0.5) is 0 Å². The number of aliphatic hydroxyl groups excluding tert-OH is 7. The number of carboxylic acids is 1. The van der Waals surface area contributed by atoms with E-state index in [4.69, 9.17) is 24.5 Å². The maximum Gasteiger partial charge on any atom is 0.364 e. The van der Waals surface area contributed by atoms with Crippen LogP contribution in [0.1, 0.15) is 52.9 Å². The van der Waals surface area contributed by atoms with Gasteiger partial charge in [0.25, 0.3) is 5.79 Å². The molecule has 15 unspecified atom stereocenters. The van der Waals surface area contributed by atoms with E-state index in [1.54, 1.807) is 13.0 Å². The lowest BCUT2D eigenvalue weighted by Gasteiger charge is -2.56. The first-order valence-electron chi connectivity index (χ1n) is 19.1. The third kappa shape index (κ3) is 7.25. The predicted octanol–water partition coefficient (Wildman–Crippen LogP) is -1.90. The number of carbonyl (C=O) groups excluding carboxylic acids is 2. The Kier molecular flexibility index (Phi) is 12.2. The van der Waals surface area contributed by atoms with Gasteiger partial charge in [-0.25, -0.2) is 4.79 Å². The number of hydrogen-bond donors (Lipinski definition) is 10. The van der Waals surface area contributed by atoms with Crippen molar-refractivity contribution in [1.29, 1.82) is 5.53 Å². The first kappa shape index (κ1) is 42.7. The normalized spacial score (nSPS) is 47.1. The summed E-state index contributed by atoms with van der Waals surface area (Å²) in [5.41, 5.74) is 5.27. The molecule has 4 aliphatic carbocycles. The van der Waals surface area contributed by atoms with Crippen molar-refractivity contribution in [2.75, 3.05) is 19.8 Å². The Balaban J connectivity index is 1.13. The fourth-order valence-corrected chi connectivity index (χ4v) is 10.5. The van der Waals surface area contributed by atoms with E-state index in [-0.39, 0.29) is 30.0 Å². The molecule has 0 spiro atoms. The first-order valence-corrected chi connectivity index (χ1v) is 19.1. The molecule has 6 rings (SSSR count). The topological polar surface area (TPSA) is 321 Å². The summed E-state index contributed by atoms with van der Waals surface area (Å²) < 4.78 is 22.6. The summed E-state index contributed by atoms with van der Waals surface area (Å²) in [6, 6.07) is 0. The molecule has 0 aromatic carbocycles. The SMILES string of the molecule is CC1C(O)C[C@](OCC2O[C@@H](OCC(=O)C3(O)C(C)CC4C5CCC6=CC(=O)C=CC6(C)C5C(O)CC43)C(O)[C@H](O)C2O)(C(=O)O)O[C@H]1C(O)C(O)CN=[N+]=N. The van der Waals surface area contributed by atoms with Crippen molar-refractivity contribution in [3.05, 3.63) is 23.8 Å². The molecule has 0 radical (unpaired) electrons. The van der Waals surface area contributed by atoms with Crippen LogP contribution < -0.4 is 4.91 Å². The van der Waals surface area contributed by atoms with Gasteiger partial charge in [0.2, 0.25) is 4.91 Å². The number of allylic oxidation sites excluding steroid dienone is 4. The molecule has 56 heavy (non-hydrogen) atoms. The van der Waals surface area contributed by atoms with E-state index in [0.29, 0.717) is 19.3 Å². The number of ether oxygens (including phenoxy) is 4. The van der Waals surface area contributed by atoms with Gasteiger partial charge < -0.3 is 64.9 Å². The van der Waals surface area contributed by atoms with Crippen LogP contribution in [-0.4, -0.2) is 156 Å². The van der Waals surface area contributed by atoms with Crippen LogP contribution in [0.5, 0.6) is 0 Å². The number of carbonyl (C=O) groups is 3. The number of ketones is 2. The lowest BCUT2D eigenvalue weighted by molar-refractivity contribution is -0.341. The molecule has 2 aliphatic heterocycles. The van der Waals surface area contributed by atoms with Gasteiger partial charge in [-0.05, 0) is 55.6 Å². The van der Waals surface area contributed by atoms with Gasteiger partial charge in [-0.1, -0.05) is 32.4 Å². The standard InChI is InChI=1S/C37H53N3O16/c1-15-8-20-19-5-4-17-9-18(41)6-7-35(17,3)27(19)22(42)10-21(20)37(15,52)26(45)14-53-33-31(49)30(48)29(47)25(55-33)13-54-36(34(50)51)11-23(43)16(2)32(56-36)28(46)24(44)12-39-40-38/h6-7,9,15-16,19-25,27-33,38,42-44,46-49,52H,4-5,8,10-14H2,1-3H3/p+1/t15?,16?,19?,20?,21?,22?,23?,24?,25?,27?,28?,29?,30-,31?,32-,33-,35?,36-,37?/m1/s1. The zero-order valence-corrected chi connectivity index (χ0v) is 31.4. The predicted molar refractivity (Wildman–Crippen MR) is 186 cm³/mol. The molecule has 5 fully saturated rings. The maximum atomic E-state index is 13.9. The van der Waals surface area contributed by atoms with E-state index in [2.05, 4.69) is 10.0 Å². The van der Waals surface area contributed by atoms with Crippen LogP contribution in [0.2, 0.25) is 0 Å². The second kappa shape index (κ2) is 16.1. The van der Waals surface area contributed by atoms with Gasteiger partial charge in [0.1, 0.15) is 59.5 Å². The number of carboxylic acid groups (broad SMARTS) is 1. The van der Waals surface area contributed by atoms with Crippen molar-refractivity contribution in [2.24, 2.45) is 46.0 Å². The van der Waals surface area contributed by atoms with Crippen LogP contribution in [-0.2, 0) is 33.3 Å². The zero-order chi connectivity index (χ0) is 41.1. The average molecular weight is 797 g/mol. The van der Waals surface area contributed by atoms with Crippen LogP contribution >= 0.6 is 0 Å². The highest BCUT2D eigenvalue weighted by molar-refractivity contribution is 6.01. The van der Waals surface area contributed by atoms with E-state index in [9.17, 15) is 60.3 Å². The molecule has 0 aromatic heterocycles. The Bertz CT molecular complexity index is 1640. The molecule has 19 heteroatoms. The number of rotatable bonds is 12. The third-order valence-corrected chi connectivity index (χ3v) is 13.7. The van der Waals surface area contributed by atoms with Gasteiger partial charge in [-0.3, -0.25) is 9.59 Å². The van der Waals surface area contributed by atoms with Crippen LogP contribution in [0.15, 0.2) is 28.9 Å². The molecule has 0 aromatic rings. The van der Waals surface area contributed by atoms with Crippen molar-refractivity contribution in [2.45, 2.75) is 125 Å². The Morgan fingerprint density at radius 2 is 1.79 bits per heavy atom. The summed E-state index contributed by atoms with van der Waals surface area (Å²) in [5.74, 6) is -7.68. The summed E-state index contributed by atoms with van der Waals surface area (Å²) >= 11 is 0. The average Bonchev–Trinajstić information content (AvgIpc) is 3.42. The summed E-state index contributed by atoms with van der Waals surface area (Å²) in [6.45, 7) is 3.05. The Labute approximate surface area is 322 Å². The van der Waals surface area contributed by atoms with E-state index in [0.717, 1.165) is 5.57 Å². The molecule has 2 heterocycles. The van der Waals surface area contributed by atoms with Gasteiger partial charge in [-0.2, -0.15) is 0 Å². The molecule has 0 bridgehead atoms. The number of aliphatic carboxylic acids is 1. The lowest BCUT2D eigenvalue weighted by atomic mass is 9.49. The minimum atomic E-state index is -2.66. The molecule has 0 amide bonds. The molecule has 19 nitrogen and oxygen atoms in total. The van der Waals surface area contributed by atoms with Gasteiger partial charge in [0.15, 0.2) is 24.4 Å². The molecule has 2 saturated heterocycles. The highest BCUT2D eigenvalue weighted by Gasteiger charge is 2.65. The van der Waals surface area contributed by atoms with Crippen molar-refractivity contribution in [3.63, 3.8) is 0 Å². The summed E-state index contributed by atoms with van der Waals surface area (Å²) in [7, 11) is 0.